The van der Waals surface area contributed by atoms with E-state index >= 15 is 0 Å². The average molecular weight is 367 g/mol. The molecule has 0 radical (unpaired) electrons. The zero-order chi connectivity index (χ0) is 19.3. The summed E-state index contributed by atoms with van der Waals surface area (Å²) in [5.74, 6) is 1.92. The molecule has 0 aliphatic carbocycles. The summed E-state index contributed by atoms with van der Waals surface area (Å²) < 4.78 is 0. The molecule has 0 rings (SSSR count). The molecule has 0 spiro atoms. The molecule has 0 bridgehead atoms. The van der Waals surface area contributed by atoms with Crippen LogP contribution in [0.4, 0.5) is 0 Å². The summed E-state index contributed by atoms with van der Waals surface area (Å²) in [6.07, 6.45) is 29.2. The zero-order valence-corrected chi connectivity index (χ0v) is 19.3. The Hall–Kier alpha value is 0. The van der Waals surface area contributed by atoms with E-state index in [-0.39, 0.29) is 0 Å². The lowest BCUT2D eigenvalue weighted by Gasteiger charge is -2.14. The van der Waals surface area contributed by atoms with Crippen LogP contribution < -0.4 is 0 Å². The largest absolute Gasteiger partial charge is 0.0654 e. The highest BCUT2D eigenvalue weighted by Gasteiger charge is 2.06. The molecule has 2 atom stereocenters. The first-order valence-corrected chi connectivity index (χ1v) is 12.7. The molecular weight excluding hydrogens is 312 g/mol. The van der Waals surface area contributed by atoms with Crippen LogP contribution in [0.15, 0.2) is 0 Å². The highest BCUT2D eigenvalue weighted by molar-refractivity contribution is 4.59. The van der Waals surface area contributed by atoms with Crippen LogP contribution in [0.2, 0.25) is 0 Å². The third kappa shape index (κ3) is 20.3. The molecule has 0 aromatic rings. The van der Waals surface area contributed by atoms with E-state index in [1.54, 1.807) is 0 Å². The molecule has 0 N–H and O–H groups in total. The van der Waals surface area contributed by atoms with Gasteiger partial charge in [-0.2, -0.15) is 0 Å². The minimum atomic E-state index is 0.959. The van der Waals surface area contributed by atoms with E-state index in [0.29, 0.717) is 0 Å². The molecule has 2 unspecified atom stereocenters. The summed E-state index contributed by atoms with van der Waals surface area (Å²) >= 11 is 0. The molecule has 26 heavy (non-hydrogen) atoms. The molecule has 0 nitrogen and oxygen atoms in total. The van der Waals surface area contributed by atoms with Crippen molar-refractivity contribution >= 4 is 0 Å². The third-order valence-electron chi connectivity index (χ3n) is 6.24. The van der Waals surface area contributed by atoms with Gasteiger partial charge in [-0.05, 0) is 11.8 Å². The van der Waals surface area contributed by atoms with Crippen LogP contribution in [0.3, 0.4) is 0 Å². The summed E-state index contributed by atoms with van der Waals surface area (Å²) in [6, 6.07) is 0. The van der Waals surface area contributed by atoms with Gasteiger partial charge in [-0.25, -0.2) is 0 Å². The van der Waals surface area contributed by atoms with Crippen molar-refractivity contribution in [2.45, 2.75) is 156 Å². The molecule has 0 fully saturated rings. The van der Waals surface area contributed by atoms with Crippen LogP contribution in [0.1, 0.15) is 156 Å². The molecule has 0 aliphatic rings. The standard InChI is InChI=1S/C26H54/c1-5-7-9-11-12-13-14-15-16-17-19-22-26(4)24-20-23-25(3)21-18-10-8-6-2/h25-26H,5-24H2,1-4H3. The van der Waals surface area contributed by atoms with Crippen molar-refractivity contribution in [3.8, 4) is 0 Å². The second kappa shape index (κ2) is 21.3. The first-order valence-electron chi connectivity index (χ1n) is 12.7. The number of unbranched alkanes of at least 4 members (excludes halogenated alkanes) is 13. The molecule has 0 aromatic heterocycles. The highest BCUT2D eigenvalue weighted by Crippen LogP contribution is 2.21. The van der Waals surface area contributed by atoms with Gasteiger partial charge in [-0.3, -0.25) is 0 Å². The Morgan fingerprint density at radius 2 is 0.615 bits per heavy atom. The summed E-state index contributed by atoms with van der Waals surface area (Å²) in [6.45, 7) is 9.57. The van der Waals surface area contributed by atoms with Gasteiger partial charge in [-0.15, -0.1) is 0 Å². The van der Waals surface area contributed by atoms with Crippen LogP contribution in [0.25, 0.3) is 0 Å². The Balaban J connectivity index is 3.25. The van der Waals surface area contributed by atoms with Gasteiger partial charge in [0.25, 0.3) is 0 Å². The van der Waals surface area contributed by atoms with Gasteiger partial charge in [0.05, 0.1) is 0 Å². The Labute approximate surface area is 168 Å². The monoisotopic (exact) mass is 366 g/mol. The van der Waals surface area contributed by atoms with Crippen molar-refractivity contribution in [2.24, 2.45) is 11.8 Å². The van der Waals surface area contributed by atoms with Gasteiger partial charge < -0.3 is 0 Å². The van der Waals surface area contributed by atoms with Gasteiger partial charge in [0.2, 0.25) is 0 Å². The second-order valence-electron chi connectivity index (χ2n) is 9.31. The van der Waals surface area contributed by atoms with Gasteiger partial charge in [0, 0.05) is 0 Å². The highest BCUT2D eigenvalue weighted by atomic mass is 14.1. The molecule has 0 amide bonds. The Bertz CT molecular complexity index is 244. The van der Waals surface area contributed by atoms with Gasteiger partial charge in [0.1, 0.15) is 0 Å². The topological polar surface area (TPSA) is 0 Å². The summed E-state index contributed by atoms with van der Waals surface area (Å²) in [5.41, 5.74) is 0. The molecular formula is C26H54. The van der Waals surface area contributed by atoms with Crippen LogP contribution in [-0.2, 0) is 0 Å². The van der Waals surface area contributed by atoms with Crippen molar-refractivity contribution < 1.29 is 0 Å². The first kappa shape index (κ1) is 26.0. The quantitative estimate of drug-likeness (QED) is 0.177. The summed E-state index contributed by atoms with van der Waals surface area (Å²) in [5, 5.41) is 0. The lowest BCUT2D eigenvalue weighted by atomic mass is 9.92. The Morgan fingerprint density at radius 3 is 1.00 bits per heavy atom. The smallest absolute Gasteiger partial charge is 0.0443 e. The van der Waals surface area contributed by atoms with Crippen molar-refractivity contribution in [1.29, 1.82) is 0 Å². The predicted molar refractivity (Wildman–Crippen MR) is 122 cm³/mol. The van der Waals surface area contributed by atoms with Crippen molar-refractivity contribution in [2.75, 3.05) is 0 Å². The van der Waals surface area contributed by atoms with E-state index in [1.807, 2.05) is 0 Å². The zero-order valence-electron chi connectivity index (χ0n) is 19.3. The maximum atomic E-state index is 2.49. The second-order valence-corrected chi connectivity index (χ2v) is 9.31. The fourth-order valence-electron chi connectivity index (χ4n) is 4.18. The molecule has 0 heteroatoms. The van der Waals surface area contributed by atoms with Gasteiger partial charge in [0.15, 0.2) is 0 Å². The maximum Gasteiger partial charge on any atom is -0.0443 e. The molecule has 0 aliphatic heterocycles. The predicted octanol–water partition coefficient (Wildman–Crippen LogP) is 10.1. The number of hydrogen-bond donors (Lipinski definition) is 0. The van der Waals surface area contributed by atoms with Crippen molar-refractivity contribution in [1.82, 2.24) is 0 Å². The number of hydrogen-bond acceptors (Lipinski definition) is 0. The van der Waals surface area contributed by atoms with Crippen molar-refractivity contribution in [3.63, 3.8) is 0 Å². The van der Waals surface area contributed by atoms with Gasteiger partial charge in [-0.1, -0.05) is 156 Å². The lowest BCUT2D eigenvalue weighted by molar-refractivity contribution is 0.391. The maximum absolute atomic E-state index is 2.49. The van der Waals surface area contributed by atoms with E-state index in [1.165, 1.54) is 128 Å². The molecule has 158 valence electrons. The van der Waals surface area contributed by atoms with E-state index in [2.05, 4.69) is 27.7 Å². The fourth-order valence-corrected chi connectivity index (χ4v) is 4.18. The SMILES string of the molecule is CCCCCCCCCCCCCC(C)CCCC(C)CCCCCC. The fraction of sp³-hybridized carbons (Fsp3) is 1.00. The Kier molecular flexibility index (Phi) is 21.3. The van der Waals surface area contributed by atoms with Gasteiger partial charge >= 0.3 is 0 Å². The van der Waals surface area contributed by atoms with Crippen LogP contribution in [-0.4, -0.2) is 0 Å². The minimum Gasteiger partial charge on any atom is -0.0654 e. The van der Waals surface area contributed by atoms with Crippen LogP contribution in [0, 0.1) is 11.8 Å². The molecule has 0 heterocycles. The Morgan fingerprint density at radius 1 is 0.346 bits per heavy atom. The lowest BCUT2D eigenvalue weighted by Crippen LogP contribution is -1.99. The molecule has 0 saturated carbocycles. The average Bonchev–Trinajstić information content (AvgIpc) is 2.63. The van der Waals surface area contributed by atoms with E-state index in [9.17, 15) is 0 Å². The summed E-state index contributed by atoms with van der Waals surface area (Å²) in [7, 11) is 0. The van der Waals surface area contributed by atoms with Crippen LogP contribution >= 0.6 is 0 Å². The number of rotatable bonds is 21. The summed E-state index contributed by atoms with van der Waals surface area (Å²) in [4.78, 5) is 0. The van der Waals surface area contributed by atoms with Crippen LogP contribution in [0.5, 0.6) is 0 Å². The molecule has 0 aromatic carbocycles. The van der Waals surface area contributed by atoms with E-state index in [4.69, 9.17) is 0 Å². The normalized spacial score (nSPS) is 13.8. The van der Waals surface area contributed by atoms with E-state index in [0.717, 1.165) is 11.8 Å². The minimum absolute atomic E-state index is 0.959. The third-order valence-corrected chi connectivity index (χ3v) is 6.24. The molecule has 0 saturated heterocycles. The van der Waals surface area contributed by atoms with Crippen molar-refractivity contribution in [3.05, 3.63) is 0 Å². The first-order chi connectivity index (χ1) is 12.7. The van der Waals surface area contributed by atoms with E-state index < -0.39 is 0 Å².